The monoisotopic (exact) mass is 352 g/mol. The maximum absolute atomic E-state index is 13.6. The van der Waals surface area contributed by atoms with Crippen molar-refractivity contribution in [3.63, 3.8) is 0 Å². The van der Waals surface area contributed by atoms with Crippen LogP contribution in [0.2, 0.25) is 0 Å². The van der Waals surface area contributed by atoms with Gasteiger partial charge >= 0.3 is 5.97 Å². The molecule has 2 N–H and O–H groups in total. The normalized spacial score (nSPS) is 11.8. The lowest BCUT2D eigenvalue weighted by Gasteiger charge is -2.07. The molecule has 0 aliphatic heterocycles. The van der Waals surface area contributed by atoms with Gasteiger partial charge in [-0.05, 0) is 42.3 Å². The number of fused-ring (bicyclic) bond motifs is 2. The number of nitrogens with zero attached hydrogens (tertiary/aromatic N) is 1. The molecular formula is C19H14FN2O2P. The van der Waals surface area contributed by atoms with Crippen LogP contribution in [0.25, 0.3) is 33.1 Å². The summed E-state index contributed by atoms with van der Waals surface area (Å²) < 4.78 is 13.6. The molecule has 4 rings (SSSR count). The Morgan fingerprint density at radius 2 is 2.00 bits per heavy atom. The highest BCUT2D eigenvalue weighted by Crippen LogP contribution is 2.31. The molecular weight excluding hydrogens is 338 g/mol. The number of H-pyrrole nitrogens is 1. The molecule has 0 fully saturated rings. The van der Waals surface area contributed by atoms with Gasteiger partial charge < -0.3 is 10.1 Å². The number of benzene rings is 2. The van der Waals surface area contributed by atoms with E-state index in [0.717, 1.165) is 16.5 Å². The van der Waals surface area contributed by atoms with E-state index in [4.69, 9.17) is 0 Å². The zero-order chi connectivity index (χ0) is 17.6. The summed E-state index contributed by atoms with van der Waals surface area (Å²) in [6.45, 7) is 2.10. The number of hydrogen-bond donors (Lipinski definition) is 2. The highest BCUT2D eigenvalue weighted by Gasteiger charge is 2.15. The van der Waals surface area contributed by atoms with Gasteiger partial charge in [-0.2, -0.15) is 0 Å². The van der Waals surface area contributed by atoms with Crippen LogP contribution in [-0.2, 0) is 0 Å². The lowest BCUT2D eigenvalue weighted by Crippen LogP contribution is -2.00. The van der Waals surface area contributed by atoms with E-state index in [-0.39, 0.29) is 5.56 Å². The quantitative estimate of drug-likeness (QED) is 0.544. The molecule has 0 spiro atoms. The molecule has 4 nitrogen and oxygen atoms in total. The summed E-state index contributed by atoms with van der Waals surface area (Å²) in [6.07, 6.45) is 1.81. The molecule has 4 aromatic rings. The lowest BCUT2D eigenvalue weighted by molar-refractivity contribution is 0.0699. The average molecular weight is 352 g/mol. The zero-order valence-electron chi connectivity index (χ0n) is 13.3. The van der Waals surface area contributed by atoms with E-state index in [1.54, 1.807) is 6.07 Å². The van der Waals surface area contributed by atoms with Gasteiger partial charge in [0, 0.05) is 34.1 Å². The van der Waals surface area contributed by atoms with Crippen molar-refractivity contribution in [1.82, 2.24) is 9.97 Å². The Hall–Kier alpha value is -2.78. The van der Waals surface area contributed by atoms with Gasteiger partial charge in [0.2, 0.25) is 0 Å². The Morgan fingerprint density at radius 1 is 1.16 bits per heavy atom. The third-order valence-electron chi connectivity index (χ3n) is 4.25. The van der Waals surface area contributed by atoms with Gasteiger partial charge in [0.1, 0.15) is 5.82 Å². The van der Waals surface area contributed by atoms with Crippen molar-refractivity contribution in [2.45, 2.75) is 0 Å². The molecule has 0 saturated carbocycles. The summed E-state index contributed by atoms with van der Waals surface area (Å²) in [6, 6.07) is 11.7. The van der Waals surface area contributed by atoms with Crippen LogP contribution in [0.4, 0.5) is 4.39 Å². The van der Waals surface area contributed by atoms with Crippen molar-refractivity contribution < 1.29 is 14.3 Å². The topological polar surface area (TPSA) is 66.0 Å². The highest BCUT2D eigenvalue weighted by atomic mass is 31.1. The fraction of sp³-hybridized carbons (Fsp3) is 0.0526. The molecule has 1 unspecified atom stereocenters. The number of carboxylic acids is 1. The Bertz CT molecular complexity index is 1140. The largest absolute Gasteiger partial charge is 0.478 e. The second kappa shape index (κ2) is 5.94. The Labute approximate surface area is 144 Å². The van der Waals surface area contributed by atoms with Crippen molar-refractivity contribution in [3.8, 4) is 11.3 Å². The summed E-state index contributed by atoms with van der Waals surface area (Å²) >= 11 is 0. The minimum absolute atomic E-state index is 0.114. The molecule has 2 aromatic carbocycles. The smallest absolute Gasteiger partial charge is 0.336 e. The van der Waals surface area contributed by atoms with E-state index < -0.39 is 11.8 Å². The van der Waals surface area contributed by atoms with Gasteiger partial charge in [-0.25, -0.2) is 14.2 Å². The maximum Gasteiger partial charge on any atom is 0.336 e. The van der Waals surface area contributed by atoms with E-state index >= 15 is 0 Å². The number of halogens is 1. The highest BCUT2D eigenvalue weighted by molar-refractivity contribution is 7.46. The number of carboxylic acid groups (broad SMARTS) is 1. The van der Waals surface area contributed by atoms with Crippen LogP contribution in [-0.4, -0.2) is 27.7 Å². The van der Waals surface area contributed by atoms with E-state index in [9.17, 15) is 14.3 Å². The van der Waals surface area contributed by atoms with E-state index in [0.29, 0.717) is 25.2 Å². The number of nitrogens with one attached hydrogen (secondary N) is 1. The molecule has 2 heterocycles. The molecule has 1 atom stereocenters. The second-order valence-corrected chi connectivity index (χ2v) is 6.81. The number of pyridine rings is 1. The van der Waals surface area contributed by atoms with Crippen LogP contribution >= 0.6 is 8.58 Å². The first-order valence-electron chi connectivity index (χ1n) is 7.69. The molecule has 0 saturated heterocycles. The average Bonchev–Trinajstić information content (AvgIpc) is 3.03. The molecule has 25 heavy (non-hydrogen) atoms. The zero-order valence-corrected chi connectivity index (χ0v) is 14.3. The van der Waals surface area contributed by atoms with Crippen molar-refractivity contribution in [2.24, 2.45) is 0 Å². The number of hydrogen-bond acceptors (Lipinski definition) is 2. The molecule has 2 aromatic heterocycles. The van der Waals surface area contributed by atoms with Gasteiger partial charge in [-0.3, -0.25) is 0 Å². The lowest BCUT2D eigenvalue weighted by atomic mass is 10.0. The molecule has 0 amide bonds. The van der Waals surface area contributed by atoms with Gasteiger partial charge in [0.15, 0.2) is 0 Å². The van der Waals surface area contributed by atoms with Crippen molar-refractivity contribution >= 4 is 41.7 Å². The van der Waals surface area contributed by atoms with Crippen LogP contribution in [0.1, 0.15) is 10.4 Å². The summed E-state index contributed by atoms with van der Waals surface area (Å²) in [4.78, 5) is 19.4. The van der Waals surface area contributed by atoms with Crippen LogP contribution in [0.15, 0.2) is 48.7 Å². The molecule has 0 aliphatic rings. The molecule has 6 heteroatoms. The van der Waals surface area contributed by atoms with Crippen LogP contribution < -0.4 is 5.30 Å². The predicted molar refractivity (Wildman–Crippen MR) is 99.8 cm³/mol. The van der Waals surface area contributed by atoms with Gasteiger partial charge in [0.05, 0.1) is 16.8 Å². The number of carbonyl (C=O) groups is 1. The number of rotatable bonds is 3. The van der Waals surface area contributed by atoms with E-state index in [1.165, 1.54) is 23.5 Å². The minimum Gasteiger partial charge on any atom is -0.478 e. The third-order valence-corrected chi connectivity index (χ3v) is 5.14. The maximum atomic E-state index is 13.6. The van der Waals surface area contributed by atoms with Crippen LogP contribution in [0.5, 0.6) is 0 Å². The van der Waals surface area contributed by atoms with Gasteiger partial charge in [-0.15, -0.1) is 0 Å². The first-order valence-corrected chi connectivity index (χ1v) is 9.19. The fourth-order valence-corrected chi connectivity index (χ4v) is 3.54. The SMILES string of the molecule is CPc1ccc2[nH]cc(-c3cc(C(=O)O)c4ccc(F)cc4n3)c2c1. The third kappa shape index (κ3) is 2.67. The molecule has 0 radical (unpaired) electrons. The van der Waals surface area contributed by atoms with Gasteiger partial charge in [-0.1, -0.05) is 14.6 Å². The summed E-state index contributed by atoms with van der Waals surface area (Å²) in [5.41, 5.74) is 2.72. The minimum atomic E-state index is -1.06. The predicted octanol–water partition coefficient (Wildman–Crippen LogP) is 4.15. The first-order chi connectivity index (χ1) is 12.1. The summed E-state index contributed by atoms with van der Waals surface area (Å²) in [7, 11) is 0.658. The standard InChI is InChI=1S/C19H14FN2O2P/c1-25-11-3-5-16-13(7-11)15(9-21-16)18-8-14(19(23)24)12-4-2-10(20)6-17(12)22-18/h2-9,21,25H,1H3,(H,23,24). The molecule has 0 bridgehead atoms. The van der Waals surface area contributed by atoms with Crippen LogP contribution in [0, 0.1) is 5.82 Å². The van der Waals surface area contributed by atoms with E-state index in [1.807, 2.05) is 12.3 Å². The number of aromatic amines is 1. The van der Waals surface area contributed by atoms with Crippen molar-refractivity contribution in [2.75, 3.05) is 6.66 Å². The summed E-state index contributed by atoms with van der Waals surface area (Å²) in [5, 5.41) is 12.2. The van der Waals surface area contributed by atoms with Crippen molar-refractivity contribution in [3.05, 3.63) is 60.0 Å². The van der Waals surface area contributed by atoms with Crippen LogP contribution in [0.3, 0.4) is 0 Å². The van der Waals surface area contributed by atoms with Crippen molar-refractivity contribution in [1.29, 1.82) is 0 Å². The number of aromatic carboxylic acids is 1. The fourth-order valence-electron chi connectivity index (χ4n) is 3.00. The van der Waals surface area contributed by atoms with Gasteiger partial charge in [0.25, 0.3) is 0 Å². The molecule has 124 valence electrons. The first kappa shape index (κ1) is 15.7. The Kier molecular flexibility index (Phi) is 3.74. The number of aromatic nitrogens is 2. The molecule has 0 aliphatic carbocycles. The Morgan fingerprint density at radius 3 is 2.76 bits per heavy atom. The van der Waals surface area contributed by atoms with E-state index in [2.05, 4.69) is 28.8 Å². The Balaban J connectivity index is 2.02. The summed E-state index contributed by atoms with van der Waals surface area (Å²) in [5.74, 6) is -1.50. The second-order valence-electron chi connectivity index (χ2n) is 5.73.